The molecule has 0 fully saturated rings. The third kappa shape index (κ3) is 1.55. The zero-order valence-electron chi connectivity index (χ0n) is 5.80. The lowest BCUT2D eigenvalue weighted by atomic mass is 10.1. The van der Waals surface area contributed by atoms with Crippen LogP contribution in [-0.4, -0.2) is 0 Å². The Hall–Kier alpha value is 0.640. The van der Waals surface area contributed by atoms with Gasteiger partial charge in [-0.1, -0.05) is 53.3 Å². The van der Waals surface area contributed by atoms with Crippen molar-refractivity contribution < 1.29 is 0 Å². The van der Waals surface area contributed by atoms with Crippen molar-refractivity contribution in [2.75, 3.05) is 0 Å². The minimum atomic E-state index is 0.0123. The second-order valence-corrected chi connectivity index (χ2v) is 3.86. The molecule has 0 spiro atoms. The van der Waals surface area contributed by atoms with Crippen LogP contribution in [0.25, 0.3) is 0 Å². The molecule has 1 aliphatic carbocycles. The van der Waals surface area contributed by atoms with Gasteiger partial charge in [-0.2, -0.15) is 0 Å². The van der Waals surface area contributed by atoms with Crippen molar-refractivity contribution >= 4 is 46.4 Å². The SMILES string of the molecule is CCC1C(Cl)=C(Cl)C(Cl)=C1Cl. The Morgan fingerprint density at radius 2 is 1.36 bits per heavy atom. The molecule has 0 heterocycles. The summed E-state index contributed by atoms with van der Waals surface area (Å²) in [5.41, 5.74) is 0. The van der Waals surface area contributed by atoms with Crippen LogP contribution in [0.5, 0.6) is 0 Å². The van der Waals surface area contributed by atoms with Crippen LogP contribution in [0.1, 0.15) is 13.3 Å². The zero-order valence-corrected chi connectivity index (χ0v) is 8.82. The van der Waals surface area contributed by atoms with Crippen LogP contribution in [0.15, 0.2) is 20.1 Å². The maximum absolute atomic E-state index is 5.86. The topological polar surface area (TPSA) is 0 Å². The summed E-state index contributed by atoms with van der Waals surface area (Å²) in [4.78, 5) is 0. The van der Waals surface area contributed by atoms with Gasteiger partial charge >= 0.3 is 0 Å². The molecule has 0 aliphatic heterocycles. The minimum Gasteiger partial charge on any atom is -0.0868 e. The molecule has 0 aromatic rings. The van der Waals surface area contributed by atoms with Crippen LogP contribution in [-0.2, 0) is 0 Å². The molecule has 0 radical (unpaired) electrons. The van der Waals surface area contributed by atoms with Gasteiger partial charge in [0, 0.05) is 16.0 Å². The van der Waals surface area contributed by atoms with E-state index in [0.29, 0.717) is 20.1 Å². The van der Waals surface area contributed by atoms with Crippen molar-refractivity contribution in [2.45, 2.75) is 13.3 Å². The molecule has 4 heteroatoms. The first-order valence-electron chi connectivity index (χ1n) is 3.20. The van der Waals surface area contributed by atoms with Crippen molar-refractivity contribution in [1.29, 1.82) is 0 Å². The summed E-state index contributed by atoms with van der Waals surface area (Å²) >= 11 is 23.2. The Bertz CT molecular complexity index is 215. The molecule has 0 atom stereocenters. The van der Waals surface area contributed by atoms with Crippen molar-refractivity contribution in [3.8, 4) is 0 Å². The number of rotatable bonds is 1. The van der Waals surface area contributed by atoms with Crippen LogP contribution < -0.4 is 0 Å². The van der Waals surface area contributed by atoms with E-state index in [4.69, 9.17) is 46.4 Å². The Morgan fingerprint density at radius 1 is 1.00 bits per heavy atom. The number of allylic oxidation sites excluding steroid dienone is 4. The third-order valence-electron chi connectivity index (χ3n) is 1.63. The zero-order chi connectivity index (χ0) is 8.59. The summed E-state index contributed by atoms with van der Waals surface area (Å²) in [6.07, 6.45) is 0.824. The molecule has 0 nitrogen and oxygen atoms in total. The van der Waals surface area contributed by atoms with Gasteiger partial charge in [-0.05, 0) is 6.42 Å². The Balaban J connectivity index is 3.04. The first kappa shape index (κ1) is 9.73. The monoisotopic (exact) mass is 230 g/mol. The number of halogens is 4. The summed E-state index contributed by atoms with van der Waals surface area (Å²) < 4.78 is 0. The molecule has 0 bridgehead atoms. The van der Waals surface area contributed by atoms with E-state index in [9.17, 15) is 0 Å². The highest BCUT2D eigenvalue weighted by molar-refractivity contribution is 6.53. The Labute approximate surface area is 85.8 Å². The van der Waals surface area contributed by atoms with E-state index < -0.39 is 0 Å². The summed E-state index contributed by atoms with van der Waals surface area (Å²) in [6.45, 7) is 1.98. The maximum atomic E-state index is 5.86. The molecule has 1 rings (SSSR count). The molecular formula is C7H6Cl4. The maximum Gasteiger partial charge on any atom is 0.0756 e. The van der Waals surface area contributed by atoms with Crippen molar-refractivity contribution in [1.82, 2.24) is 0 Å². The van der Waals surface area contributed by atoms with Gasteiger partial charge in [0.05, 0.1) is 10.1 Å². The molecule has 0 N–H and O–H groups in total. The summed E-state index contributed by atoms with van der Waals surface area (Å²) in [5.74, 6) is 0.0123. The molecule has 1 aliphatic rings. The summed E-state index contributed by atoms with van der Waals surface area (Å²) in [6, 6.07) is 0. The molecule has 0 saturated heterocycles. The normalized spacial score (nSPS) is 20.5. The molecular weight excluding hydrogens is 226 g/mol. The van der Waals surface area contributed by atoms with Crippen LogP contribution in [0, 0.1) is 5.92 Å². The van der Waals surface area contributed by atoms with E-state index in [0.717, 1.165) is 6.42 Å². The fraction of sp³-hybridized carbons (Fsp3) is 0.429. The lowest BCUT2D eigenvalue weighted by Crippen LogP contribution is -1.93. The molecule has 0 unspecified atom stereocenters. The van der Waals surface area contributed by atoms with E-state index in [1.54, 1.807) is 0 Å². The molecule has 11 heavy (non-hydrogen) atoms. The van der Waals surface area contributed by atoms with Crippen LogP contribution >= 0.6 is 46.4 Å². The predicted octanol–water partition coefficient (Wildman–Crippen LogP) is 4.40. The average molecular weight is 232 g/mol. The lowest BCUT2D eigenvalue weighted by molar-refractivity contribution is 0.757. The van der Waals surface area contributed by atoms with Gasteiger partial charge in [-0.15, -0.1) is 0 Å². The van der Waals surface area contributed by atoms with Gasteiger partial charge in [0.1, 0.15) is 0 Å². The largest absolute Gasteiger partial charge is 0.0868 e. The molecule has 0 aromatic heterocycles. The van der Waals surface area contributed by atoms with E-state index >= 15 is 0 Å². The smallest absolute Gasteiger partial charge is 0.0756 e. The van der Waals surface area contributed by atoms with Gasteiger partial charge in [-0.3, -0.25) is 0 Å². The van der Waals surface area contributed by atoms with E-state index in [-0.39, 0.29) is 5.92 Å². The second kappa shape index (κ2) is 3.57. The van der Waals surface area contributed by atoms with Crippen LogP contribution in [0.2, 0.25) is 0 Å². The van der Waals surface area contributed by atoms with Crippen molar-refractivity contribution in [2.24, 2.45) is 5.92 Å². The number of hydrogen-bond donors (Lipinski definition) is 0. The third-order valence-corrected chi connectivity index (χ3v) is 3.61. The number of hydrogen-bond acceptors (Lipinski definition) is 0. The van der Waals surface area contributed by atoms with E-state index in [1.165, 1.54) is 0 Å². The Morgan fingerprint density at radius 3 is 1.55 bits per heavy atom. The van der Waals surface area contributed by atoms with Crippen LogP contribution in [0.4, 0.5) is 0 Å². The molecule has 0 saturated carbocycles. The van der Waals surface area contributed by atoms with E-state index in [1.807, 2.05) is 6.92 Å². The molecule has 0 amide bonds. The Kier molecular flexibility index (Phi) is 3.16. The molecule has 62 valence electrons. The predicted molar refractivity (Wildman–Crippen MR) is 51.2 cm³/mol. The van der Waals surface area contributed by atoms with Gasteiger partial charge in [0.15, 0.2) is 0 Å². The van der Waals surface area contributed by atoms with Gasteiger partial charge in [0.25, 0.3) is 0 Å². The fourth-order valence-electron chi connectivity index (χ4n) is 0.985. The summed E-state index contributed by atoms with van der Waals surface area (Å²) in [7, 11) is 0. The van der Waals surface area contributed by atoms with Gasteiger partial charge < -0.3 is 0 Å². The standard InChI is InChI=1S/C7H6Cl4/c1-2-3-4(8)6(10)7(11)5(3)9/h3H,2H2,1H3. The highest BCUT2D eigenvalue weighted by atomic mass is 35.5. The fourth-order valence-corrected chi connectivity index (χ4v) is 2.32. The highest BCUT2D eigenvalue weighted by Crippen LogP contribution is 2.46. The van der Waals surface area contributed by atoms with Crippen molar-refractivity contribution in [3.05, 3.63) is 20.1 Å². The quantitative estimate of drug-likeness (QED) is 0.628. The van der Waals surface area contributed by atoms with Gasteiger partial charge in [-0.25, -0.2) is 0 Å². The van der Waals surface area contributed by atoms with E-state index in [2.05, 4.69) is 0 Å². The van der Waals surface area contributed by atoms with Gasteiger partial charge in [0.2, 0.25) is 0 Å². The van der Waals surface area contributed by atoms with Crippen LogP contribution in [0.3, 0.4) is 0 Å². The molecule has 0 aromatic carbocycles. The lowest BCUT2D eigenvalue weighted by Gasteiger charge is -2.05. The highest BCUT2D eigenvalue weighted by Gasteiger charge is 2.28. The first-order chi connectivity index (χ1) is 5.09. The average Bonchev–Trinajstić information content (AvgIpc) is 2.17. The summed E-state index contributed by atoms with van der Waals surface area (Å²) in [5, 5.41) is 1.91. The first-order valence-corrected chi connectivity index (χ1v) is 4.71. The van der Waals surface area contributed by atoms with Crippen molar-refractivity contribution in [3.63, 3.8) is 0 Å². The minimum absolute atomic E-state index is 0.0123. The second-order valence-electron chi connectivity index (χ2n) is 2.28.